The van der Waals surface area contributed by atoms with E-state index in [-0.39, 0.29) is 24.2 Å². The van der Waals surface area contributed by atoms with Gasteiger partial charge >= 0.3 is 12.1 Å². The molecule has 1 aromatic rings. The third-order valence-electron chi connectivity index (χ3n) is 3.94. The van der Waals surface area contributed by atoms with Crippen LogP contribution in [0.4, 0.5) is 4.79 Å². The van der Waals surface area contributed by atoms with Crippen molar-refractivity contribution in [1.29, 1.82) is 0 Å². The van der Waals surface area contributed by atoms with Crippen LogP contribution in [0.3, 0.4) is 0 Å². The van der Waals surface area contributed by atoms with E-state index in [1.807, 2.05) is 6.92 Å². The van der Waals surface area contributed by atoms with E-state index < -0.39 is 23.8 Å². The molecular formula is C17H23NO7. The zero-order valence-electron chi connectivity index (χ0n) is 14.2. The van der Waals surface area contributed by atoms with Gasteiger partial charge in [0, 0.05) is 5.92 Å². The number of carbonyl (C=O) groups is 2. The first-order valence-electron chi connectivity index (χ1n) is 8.15. The molecule has 1 unspecified atom stereocenters. The maximum atomic E-state index is 12.4. The SMILES string of the molecule is CCCOC(=O)[C@@](N)(OC(=O)OC1CC1)C(C)c1ccc(O)c(O)c1. The van der Waals surface area contributed by atoms with Gasteiger partial charge in [-0.3, -0.25) is 5.73 Å². The van der Waals surface area contributed by atoms with Crippen LogP contribution in [-0.4, -0.2) is 40.8 Å². The van der Waals surface area contributed by atoms with Crippen molar-refractivity contribution in [3.63, 3.8) is 0 Å². The average molecular weight is 353 g/mol. The molecule has 0 saturated heterocycles. The van der Waals surface area contributed by atoms with Crippen molar-refractivity contribution < 1.29 is 34.0 Å². The van der Waals surface area contributed by atoms with E-state index in [0.29, 0.717) is 12.0 Å². The molecule has 0 spiro atoms. The van der Waals surface area contributed by atoms with Crippen molar-refractivity contribution in [2.45, 2.75) is 50.9 Å². The lowest BCUT2D eigenvalue weighted by Gasteiger charge is -2.32. The number of benzene rings is 1. The highest BCUT2D eigenvalue weighted by atomic mass is 16.8. The van der Waals surface area contributed by atoms with E-state index >= 15 is 0 Å². The quantitative estimate of drug-likeness (QED) is 0.386. The van der Waals surface area contributed by atoms with Crippen LogP contribution in [0.15, 0.2) is 18.2 Å². The van der Waals surface area contributed by atoms with E-state index in [1.54, 1.807) is 6.92 Å². The highest BCUT2D eigenvalue weighted by molar-refractivity contribution is 5.83. The second-order valence-electron chi connectivity index (χ2n) is 6.07. The molecule has 0 radical (unpaired) electrons. The lowest BCUT2D eigenvalue weighted by Crippen LogP contribution is -2.56. The fraction of sp³-hybridized carbons (Fsp3) is 0.529. The minimum Gasteiger partial charge on any atom is -0.504 e. The highest BCUT2D eigenvalue weighted by Gasteiger charge is 2.47. The maximum absolute atomic E-state index is 12.4. The molecule has 4 N–H and O–H groups in total. The summed E-state index contributed by atoms with van der Waals surface area (Å²) >= 11 is 0. The minimum atomic E-state index is -2.13. The summed E-state index contributed by atoms with van der Waals surface area (Å²) in [6, 6.07) is 3.95. The molecule has 8 nitrogen and oxygen atoms in total. The van der Waals surface area contributed by atoms with Gasteiger partial charge in [-0.2, -0.15) is 0 Å². The molecule has 25 heavy (non-hydrogen) atoms. The molecule has 0 heterocycles. The summed E-state index contributed by atoms with van der Waals surface area (Å²) in [5.74, 6) is -2.48. The van der Waals surface area contributed by atoms with E-state index in [0.717, 1.165) is 12.8 Å². The number of esters is 1. The zero-order valence-corrected chi connectivity index (χ0v) is 14.2. The van der Waals surface area contributed by atoms with Crippen molar-refractivity contribution in [3.05, 3.63) is 23.8 Å². The number of rotatable bonds is 7. The van der Waals surface area contributed by atoms with Gasteiger partial charge < -0.3 is 24.4 Å². The molecule has 0 aliphatic heterocycles. The second kappa shape index (κ2) is 7.60. The predicted octanol–water partition coefficient (Wildman–Crippen LogP) is 2.13. The van der Waals surface area contributed by atoms with Crippen LogP contribution in [0.1, 0.15) is 44.6 Å². The Kier molecular flexibility index (Phi) is 5.73. The number of phenolic OH excluding ortho intramolecular Hbond substituents is 2. The first-order chi connectivity index (χ1) is 11.8. The smallest absolute Gasteiger partial charge is 0.504 e. The van der Waals surface area contributed by atoms with Crippen molar-refractivity contribution in [3.8, 4) is 11.5 Å². The van der Waals surface area contributed by atoms with Crippen molar-refractivity contribution in [1.82, 2.24) is 0 Å². The van der Waals surface area contributed by atoms with Gasteiger partial charge in [-0.1, -0.05) is 19.9 Å². The van der Waals surface area contributed by atoms with Gasteiger partial charge in [-0.15, -0.1) is 0 Å². The molecule has 8 heteroatoms. The van der Waals surface area contributed by atoms with Gasteiger partial charge in [-0.05, 0) is 37.0 Å². The molecule has 2 rings (SSSR count). The summed E-state index contributed by atoms with van der Waals surface area (Å²) < 4.78 is 15.2. The van der Waals surface area contributed by atoms with Crippen molar-refractivity contribution in [2.75, 3.05) is 6.61 Å². The fourth-order valence-corrected chi connectivity index (χ4v) is 2.16. The Morgan fingerprint density at radius 1 is 1.32 bits per heavy atom. The average Bonchev–Trinajstić information content (AvgIpc) is 3.37. The summed E-state index contributed by atoms with van der Waals surface area (Å²) in [6.45, 7) is 3.48. The zero-order chi connectivity index (χ0) is 18.6. The van der Waals surface area contributed by atoms with Gasteiger partial charge in [0.25, 0.3) is 5.72 Å². The molecule has 0 aromatic heterocycles. The molecule has 1 aromatic carbocycles. The van der Waals surface area contributed by atoms with Crippen LogP contribution >= 0.6 is 0 Å². The lowest BCUT2D eigenvalue weighted by atomic mass is 9.90. The Labute approximate surface area is 145 Å². The Balaban J connectivity index is 2.25. The Morgan fingerprint density at radius 3 is 2.56 bits per heavy atom. The molecule has 1 aliphatic carbocycles. The first-order valence-corrected chi connectivity index (χ1v) is 8.15. The molecule has 0 amide bonds. The highest BCUT2D eigenvalue weighted by Crippen LogP contribution is 2.35. The molecule has 1 fully saturated rings. The number of hydrogen-bond donors (Lipinski definition) is 3. The molecular weight excluding hydrogens is 330 g/mol. The molecule has 1 saturated carbocycles. The predicted molar refractivity (Wildman–Crippen MR) is 86.9 cm³/mol. The second-order valence-corrected chi connectivity index (χ2v) is 6.07. The third kappa shape index (κ3) is 4.54. The van der Waals surface area contributed by atoms with Gasteiger partial charge in [0.1, 0.15) is 6.10 Å². The number of nitrogens with two attached hydrogens (primary N) is 1. The Hall–Kier alpha value is -2.48. The van der Waals surface area contributed by atoms with Crippen LogP contribution in [0, 0.1) is 0 Å². The molecule has 2 atom stereocenters. The summed E-state index contributed by atoms with van der Waals surface area (Å²) in [6.07, 6.45) is 0.801. The van der Waals surface area contributed by atoms with Crippen LogP contribution < -0.4 is 5.73 Å². The minimum absolute atomic E-state index is 0.117. The van der Waals surface area contributed by atoms with Crippen LogP contribution in [0.2, 0.25) is 0 Å². The van der Waals surface area contributed by atoms with Crippen LogP contribution in [0.25, 0.3) is 0 Å². The standard InChI is InChI=1S/C17H23NO7/c1-3-8-23-15(21)17(18,25-16(22)24-12-5-6-12)10(2)11-4-7-13(19)14(20)9-11/h4,7,9-10,12,19-20H,3,5-6,8,18H2,1-2H3/t10?,17-/m0/s1. The van der Waals surface area contributed by atoms with Crippen molar-refractivity contribution >= 4 is 12.1 Å². The van der Waals surface area contributed by atoms with Crippen LogP contribution in [0.5, 0.6) is 11.5 Å². The molecule has 1 aliphatic rings. The Bertz CT molecular complexity index is 644. The largest absolute Gasteiger partial charge is 0.510 e. The number of carbonyl (C=O) groups excluding carboxylic acids is 2. The van der Waals surface area contributed by atoms with E-state index in [4.69, 9.17) is 19.9 Å². The summed E-state index contributed by atoms with van der Waals surface area (Å²) in [5, 5.41) is 19.1. The molecule has 0 bridgehead atoms. The molecule has 138 valence electrons. The lowest BCUT2D eigenvalue weighted by molar-refractivity contribution is -0.170. The van der Waals surface area contributed by atoms with Crippen LogP contribution in [-0.2, 0) is 19.0 Å². The number of phenols is 2. The van der Waals surface area contributed by atoms with E-state index in [1.165, 1.54) is 18.2 Å². The van der Waals surface area contributed by atoms with Crippen molar-refractivity contribution in [2.24, 2.45) is 5.73 Å². The number of hydrogen-bond acceptors (Lipinski definition) is 8. The fourth-order valence-electron chi connectivity index (χ4n) is 2.16. The summed E-state index contributed by atoms with van der Waals surface area (Å²) in [4.78, 5) is 24.4. The third-order valence-corrected chi connectivity index (χ3v) is 3.94. The van der Waals surface area contributed by atoms with E-state index in [2.05, 4.69) is 0 Å². The first kappa shape index (κ1) is 18.9. The van der Waals surface area contributed by atoms with Gasteiger partial charge in [0.15, 0.2) is 11.5 Å². The van der Waals surface area contributed by atoms with Gasteiger partial charge in [-0.25, -0.2) is 9.59 Å². The van der Waals surface area contributed by atoms with Gasteiger partial charge in [0.2, 0.25) is 0 Å². The monoisotopic (exact) mass is 353 g/mol. The topological polar surface area (TPSA) is 128 Å². The van der Waals surface area contributed by atoms with E-state index in [9.17, 15) is 19.8 Å². The maximum Gasteiger partial charge on any atom is 0.510 e. The summed E-state index contributed by atoms with van der Waals surface area (Å²) in [5.41, 5.74) is 4.35. The number of ether oxygens (including phenoxy) is 3. The Morgan fingerprint density at radius 2 is 2.00 bits per heavy atom. The normalized spacial score (nSPS) is 17.2. The van der Waals surface area contributed by atoms with Gasteiger partial charge in [0.05, 0.1) is 6.61 Å². The number of aromatic hydroxyl groups is 2. The summed E-state index contributed by atoms with van der Waals surface area (Å²) in [7, 11) is 0.